The minimum absolute atomic E-state index is 0.123. The highest BCUT2D eigenvalue weighted by Gasteiger charge is 2.28. The fraction of sp³-hybridized carbons (Fsp3) is 0.588. The van der Waals surface area contributed by atoms with Crippen LogP contribution in [0.4, 0.5) is 0 Å². The molecule has 0 atom stereocenters. The van der Waals surface area contributed by atoms with Gasteiger partial charge in [0.1, 0.15) is 5.75 Å². The summed E-state index contributed by atoms with van der Waals surface area (Å²) < 4.78 is 32.2. The molecule has 134 valence electrons. The number of nitrogens with zero attached hydrogens (tertiary/aromatic N) is 2. The summed E-state index contributed by atoms with van der Waals surface area (Å²) in [6.07, 6.45) is 3.05. The standard InChI is InChI=1S/C17H26N2O4S/c1-3-4-9-17(20)18-10-6-11-19(13-12-18)24(21,22)16-8-5-7-15(14-16)23-2/h5,7-8,14H,3-4,6,9-13H2,1-2H3. The van der Waals surface area contributed by atoms with E-state index in [0.717, 1.165) is 12.8 Å². The molecular formula is C17H26N2O4S. The van der Waals surface area contributed by atoms with Gasteiger partial charge in [0.25, 0.3) is 0 Å². The second kappa shape index (κ2) is 8.48. The summed E-state index contributed by atoms with van der Waals surface area (Å²) in [6.45, 7) is 3.88. The lowest BCUT2D eigenvalue weighted by molar-refractivity contribution is -0.131. The van der Waals surface area contributed by atoms with Crippen LogP contribution < -0.4 is 4.74 Å². The van der Waals surface area contributed by atoms with Crippen molar-refractivity contribution in [1.29, 1.82) is 0 Å². The van der Waals surface area contributed by atoms with E-state index in [-0.39, 0.29) is 10.8 Å². The Balaban J connectivity index is 2.08. The van der Waals surface area contributed by atoms with Gasteiger partial charge in [-0.15, -0.1) is 0 Å². The smallest absolute Gasteiger partial charge is 0.243 e. The number of hydrogen-bond acceptors (Lipinski definition) is 4. The molecule has 6 nitrogen and oxygen atoms in total. The van der Waals surface area contributed by atoms with Crippen LogP contribution in [0.5, 0.6) is 5.75 Å². The van der Waals surface area contributed by atoms with Crippen LogP contribution in [-0.2, 0) is 14.8 Å². The third-order valence-electron chi connectivity index (χ3n) is 4.23. The van der Waals surface area contributed by atoms with Gasteiger partial charge < -0.3 is 9.64 Å². The number of rotatable bonds is 6. The van der Waals surface area contributed by atoms with Crippen molar-refractivity contribution in [2.24, 2.45) is 0 Å². The van der Waals surface area contributed by atoms with E-state index in [4.69, 9.17) is 4.74 Å². The van der Waals surface area contributed by atoms with E-state index < -0.39 is 10.0 Å². The summed E-state index contributed by atoms with van der Waals surface area (Å²) in [7, 11) is -2.06. The maximum atomic E-state index is 12.8. The second-order valence-electron chi connectivity index (χ2n) is 5.92. The van der Waals surface area contributed by atoms with Gasteiger partial charge in [0.05, 0.1) is 12.0 Å². The first-order valence-corrected chi connectivity index (χ1v) is 9.85. The number of benzene rings is 1. The minimum Gasteiger partial charge on any atom is -0.497 e. The molecule has 0 spiro atoms. The first kappa shape index (κ1) is 18.7. The Morgan fingerprint density at radius 3 is 2.71 bits per heavy atom. The SMILES string of the molecule is CCCCC(=O)N1CCCN(S(=O)(=O)c2cccc(OC)c2)CC1. The minimum atomic E-state index is -3.57. The fourth-order valence-corrected chi connectivity index (χ4v) is 4.29. The van der Waals surface area contributed by atoms with Crippen molar-refractivity contribution in [2.75, 3.05) is 33.3 Å². The molecule has 1 saturated heterocycles. The van der Waals surface area contributed by atoms with Crippen molar-refractivity contribution in [2.45, 2.75) is 37.5 Å². The van der Waals surface area contributed by atoms with Crippen LogP contribution in [0.1, 0.15) is 32.6 Å². The van der Waals surface area contributed by atoms with E-state index >= 15 is 0 Å². The lowest BCUT2D eigenvalue weighted by Gasteiger charge is -2.22. The largest absolute Gasteiger partial charge is 0.497 e. The first-order valence-electron chi connectivity index (χ1n) is 8.41. The molecule has 1 heterocycles. The highest BCUT2D eigenvalue weighted by Crippen LogP contribution is 2.22. The summed E-state index contributed by atoms with van der Waals surface area (Å²) in [6, 6.07) is 6.50. The zero-order valence-electron chi connectivity index (χ0n) is 14.4. The highest BCUT2D eigenvalue weighted by molar-refractivity contribution is 7.89. The van der Waals surface area contributed by atoms with Gasteiger partial charge in [0, 0.05) is 38.7 Å². The van der Waals surface area contributed by atoms with Crippen LogP contribution in [0.2, 0.25) is 0 Å². The van der Waals surface area contributed by atoms with Gasteiger partial charge in [0.2, 0.25) is 15.9 Å². The Kier molecular flexibility index (Phi) is 6.62. The van der Waals surface area contributed by atoms with E-state index in [1.807, 2.05) is 0 Å². The van der Waals surface area contributed by atoms with Gasteiger partial charge in [-0.25, -0.2) is 8.42 Å². The molecule has 0 aliphatic carbocycles. The molecule has 0 unspecified atom stereocenters. The Morgan fingerprint density at radius 1 is 1.21 bits per heavy atom. The Labute approximate surface area is 144 Å². The molecule has 0 aromatic heterocycles. The summed E-state index contributed by atoms with van der Waals surface area (Å²) >= 11 is 0. The van der Waals surface area contributed by atoms with Crippen LogP contribution >= 0.6 is 0 Å². The molecule has 24 heavy (non-hydrogen) atoms. The number of carbonyl (C=O) groups is 1. The molecule has 1 aromatic carbocycles. The highest BCUT2D eigenvalue weighted by atomic mass is 32.2. The summed E-state index contributed by atoms with van der Waals surface area (Å²) in [4.78, 5) is 14.2. The van der Waals surface area contributed by atoms with E-state index in [0.29, 0.717) is 44.8 Å². The molecule has 1 aromatic rings. The van der Waals surface area contributed by atoms with Gasteiger partial charge in [-0.05, 0) is 25.0 Å². The lowest BCUT2D eigenvalue weighted by atomic mass is 10.2. The Bertz CT molecular complexity index is 660. The molecular weight excluding hydrogens is 328 g/mol. The summed E-state index contributed by atoms with van der Waals surface area (Å²) in [5.41, 5.74) is 0. The van der Waals surface area contributed by atoms with E-state index in [1.54, 1.807) is 23.1 Å². The van der Waals surface area contributed by atoms with Gasteiger partial charge in [-0.1, -0.05) is 19.4 Å². The van der Waals surface area contributed by atoms with Crippen molar-refractivity contribution < 1.29 is 17.9 Å². The van der Waals surface area contributed by atoms with Gasteiger partial charge >= 0.3 is 0 Å². The number of hydrogen-bond donors (Lipinski definition) is 0. The van der Waals surface area contributed by atoms with E-state index in [1.165, 1.54) is 17.5 Å². The number of methoxy groups -OCH3 is 1. The number of ether oxygens (including phenoxy) is 1. The van der Waals surface area contributed by atoms with Crippen LogP contribution in [0.25, 0.3) is 0 Å². The third-order valence-corrected chi connectivity index (χ3v) is 6.13. The van der Waals surface area contributed by atoms with E-state index in [9.17, 15) is 13.2 Å². The van der Waals surface area contributed by atoms with Crippen LogP contribution in [0.15, 0.2) is 29.2 Å². The lowest BCUT2D eigenvalue weighted by Crippen LogP contribution is -2.37. The summed E-state index contributed by atoms with van der Waals surface area (Å²) in [5.74, 6) is 0.639. The third kappa shape index (κ3) is 4.48. The Hall–Kier alpha value is -1.60. The van der Waals surface area contributed by atoms with E-state index in [2.05, 4.69) is 6.92 Å². The molecule has 0 bridgehead atoms. The van der Waals surface area contributed by atoms with Gasteiger partial charge in [0.15, 0.2) is 0 Å². The molecule has 7 heteroatoms. The maximum Gasteiger partial charge on any atom is 0.243 e. The van der Waals surface area contributed by atoms with Crippen molar-refractivity contribution in [1.82, 2.24) is 9.21 Å². The van der Waals surface area contributed by atoms with Crippen LogP contribution in [0.3, 0.4) is 0 Å². The number of sulfonamides is 1. The maximum absolute atomic E-state index is 12.8. The predicted octanol–water partition coefficient (Wildman–Crippen LogP) is 2.11. The van der Waals surface area contributed by atoms with Crippen molar-refractivity contribution >= 4 is 15.9 Å². The zero-order valence-corrected chi connectivity index (χ0v) is 15.2. The molecule has 1 amide bonds. The predicted molar refractivity (Wildman–Crippen MR) is 92.5 cm³/mol. The average Bonchev–Trinajstić information content (AvgIpc) is 2.86. The number of amides is 1. The number of unbranched alkanes of at least 4 members (excludes halogenated alkanes) is 1. The Morgan fingerprint density at radius 2 is 2.00 bits per heavy atom. The molecule has 0 saturated carbocycles. The first-order chi connectivity index (χ1) is 11.5. The van der Waals surface area contributed by atoms with Gasteiger partial charge in [-0.3, -0.25) is 4.79 Å². The quantitative estimate of drug-likeness (QED) is 0.785. The zero-order chi connectivity index (χ0) is 17.6. The number of carbonyl (C=O) groups excluding carboxylic acids is 1. The monoisotopic (exact) mass is 354 g/mol. The molecule has 0 radical (unpaired) electrons. The van der Waals surface area contributed by atoms with Crippen LogP contribution in [-0.4, -0.2) is 56.8 Å². The fourth-order valence-electron chi connectivity index (χ4n) is 2.78. The molecule has 2 rings (SSSR count). The van der Waals surface area contributed by atoms with Gasteiger partial charge in [-0.2, -0.15) is 4.31 Å². The van der Waals surface area contributed by atoms with Crippen molar-refractivity contribution in [3.8, 4) is 5.75 Å². The second-order valence-corrected chi connectivity index (χ2v) is 7.86. The van der Waals surface area contributed by atoms with Crippen molar-refractivity contribution in [3.63, 3.8) is 0 Å². The molecule has 0 N–H and O–H groups in total. The normalized spacial score (nSPS) is 16.7. The van der Waals surface area contributed by atoms with Crippen LogP contribution in [0, 0.1) is 0 Å². The summed E-state index contributed by atoms with van der Waals surface area (Å²) in [5, 5.41) is 0. The molecule has 1 fully saturated rings. The average molecular weight is 354 g/mol. The topological polar surface area (TPSA) is 66.9 Å². The molecule has 1 aliphatic rings. The van der Waals surface area contributed by atoms with Crippen molar-refractivity contribution in [3.05, 3.63) is 24.3 Å². The molecule has 1 aliphatic heterocycles.